The minimum absolute atomic E-state index is 0.131. The molecule has 2 N–H and O–H groups in total. The summed E-state index contributed by atoms with van der Waals surface area (Å²) < 4.78 is 0.955. The number of anilines is 1. The number of carboxylic acids is 1. The van der Waals surface area contributed by atoms with Crippen molar-refractivity contribution in [2.75, 3.05) is 18.0 Å². The van der Waals surface area contributed by atoms with E-state index in [9.17, 15) is 9.59 Å². The van der Waals surface area contributed by atoms with Crippen LogP contribution in [0.4, 0.5) is 10.5 Å². The molecule has 1 aromatic carbocycles. The summed E-state index contributed by atoms with van der Waals surface area (Å²) in [6, 6.07) is 7.35. The summed E-state index contributed by atoms with van der Waals surface area (Å²) in [4.78, 5) is 24.1. The molecule has 0 aromatic heterocycles. The summed E-state index contributed by atoms with van der Waals surface area (Å²) in [6.45, 7) is 1.10. The number of carbonyl (C=O) groups is 2. The van der Waals surface area contributed by atoms with E-state index in [-0.39, 0.29) is 18.4 Å². The van der Waals surface area contributed by atoms with Crippen LogP contribution in [-0.4, -0.2) is 30.2 Å². The van der Waals surface area contributed by atoms with Gasteiger partial charge in [-0.15, -0.1) is 0 Å². The third-order valence-corrected chi connectivity index (χ3v) is 3.66. The Bertz CT molecular complexity index is 475. The molecule has 1 fully saturated rings. The molecule has 1 aliphatic heterocycles. The first-order chi connectivity index (χ1) is 9.06. The highest BCUT2D eigenvalue weighted by Crippen LogP contribution is 2.22. The molecule has 1 heterocycles. The molecule has 1 unspecified atom stereocenters. The van der Waals surface area contributed by atoms with Crippen molar-refractivity contribution in [3.63, 3.8) is 0 Å². The largest absolute Gasteiger partial charge is 0.481 e. The molecule has 5 nitrogen and oxygen atoms in total. The zero-order chi connectivity index (χ0) is 13.8. The van der Waals surface area contributed by atoms with Crippen LogP contribution in [0.25, 0.3) is 0 Å². The van der Waals surface area contributed by atoms with Crippen molar-refractivity contribution in [1.82, 2.24) is 5.32 Å². The van der Waals surface area contributed by atoms with Gasteiger partial charge in [-0.1, -0.05) is 15.9 Å². The van der Waals surface area contributed by atoms with Gasteiger partial charge in [-0.3, -0.25) is 9.69 Å². The minimum atomic E-state index is -0.799. The molecule has 0 bridgehead atoms. The molecule has 1 saturated heterocycles. The van der Waals surface area contributed by atoms with Crippen LogP contribution < -0.4 is 10.2 Å². The number of aliphatic carboxylic acids is 1. The van der Waals surface area contributed by atoms with Crippen LogP contribution in [0.15, 0.2) is 28.7 Å². The summed E-state index contributed by atoms with van der Waals surface area (Å²) in [7, 11) is 0. The Balaban J connectivity index is 2.04. The lowest BCUT2D eigenvalue weighted by molar-refractivity contribution is -0.137. The highest BCUT2D eigenvalue weighted by Gasteiger charge is 2.26. The fourth-order valence-corrected chi connectivity index (χ4v) is 2.36. The number of hydrogen-bond acceptors (Lipinski definition) is 2. The average molecular weight is 327 g/mol. The maximum Gasteiger partial charge on any atom is 0.321 e. The summed E-state index contributed by atoms with van der Waals surface area (Å²) in [6.07, 6.45) is 0.706. The van der Waals surface area contributed by atoms with E-state index in [1.54, 1.807) is 4.90 Å². The second kappa shape index (κ2) is 6.06. The smallest absolute Gasteiger partial charge is 0.321 e. The number of halogens is 1. The van der Waals surface area contributed by atoms with Crippen molar-refractivity contribution >= 4 is 33.6 Å². The molecular weight excluding hydrogens is 312 g/mol. The first-order valence-corrected chi connectivity index (χ1v) is 6.88. The van der Waals surface area contributed by atoms with Gasteiger partial charge in [-0.2, -0.15) is 0 Å². The molecule has 6 heteroatoms. The molecular formula is C13H15BrN2O3. The minimum Gasteiger partial charge on any atom is -0.481 e. The SMILES string of the molecule is O=C(O)CCC1CNC(=O)N(c2ccc(Br)cc2)C1. The zero-order valence-electron chi connectivity index (χ0n) is 10.3. The van der Waals surface area contributed by atoms with Crippen LogP contribution in [0.1, 0.15) is 12.8 Å². The van der Waals surface area contributed by atoms with E-state index >= 15 is 0 Å². The molecule has 0 saturated carbocycles. The van der Waals surface area contributed by atoms with Crippen LogP contribution in [0, 0.1) is 5.92 Å². The molecule has 1 aliphatic rings. The Kier molecular flexibility index (Phi) is 4.42. The van der Waals surface area contributed by atoms with Gasteiger partial charge in [0.2, 0.25) is 0 Å². The van der Waals surface area contributed by atoms with E-state index in [2.05, 4.69) is 21.2 Å². The van der Waals surface area contributed by atoms with Gasteiger partial charge in [0.15, 0.2) is 0 Å². The maximum atomic E-state index is 11.9. The predicted octanol–water partition coefficient (Wildman–Crippen LogP) is 2.46. The number of benzene rings is 1. The Morgan fingerprint density at radius 1 is 1.42 bits per heavy atom. The third kappa shape index (κ3) is 3.70. The monoisotopic (exact) mass is 326 g/mol. The lowest BCUT2D eigenvalue weighted by Gasteiger charge is -2.33. The fraction of sp³-hybridized carbons (Fsp3) is 0.385. The second-order valence-corrected chi connectivity index (χ2v) is 5.49. The Labute approximate surface area is 119 Å². The second-order valence-electron chi connectivity index (χ2n) is 4.57. The van der Waals surface area contributed by atoms with Crippen molar-refractivity contribution in [1.29, 1.82) is 0 Å². The van der Waals surface area contributed by atoms with Gasteiger partial charge in [-0.25, -0.2) is 4.79 Å². The first-order valence-electron chi connectivity index (χ1n) is 6.09. The molecule has 19 heavy (non-hydrogen) atoms. The van der Waals surface area contributed by atoms with Crippen LogP contribution in [0.3, 0.4) is 0 Å². The number of amides is 2. The molecule has 0 aliphatic carbocycles. The van der Waals surface area contributed by atoms with Gasteiger partial charge in [0.1, 0.15) is 0 Å². The number of nitrogens with zero attached hydrogens (tertiary/aromatic N) is 1. The number of carbonyl (C=O) groups excluding carboxylic acids is 1. The van der Waals surface area contributed by atoms with E-state index in [0.29, 0.717) is 19.5 Å². The quantitative estimate of drug-likeness (QED) is 0.892. The fourth-order valence-electron chi connectivity index (χ4n) is 2.10. The average Bonchev–Trinajstić information content (AvgIpc) is 2.39. The standard InChI is InChI=1S/C13H15BrN2O3/c14-10-2-4-11(5-3-10)16-8-9(1-6-12(17)18)7-15-13(16)19/h2-5,9H,1,6-8H2,(H,15,19)(H,17,18). The van der Waals surface area contributed by atoms with Gasteiger partial charge in [0.25, 0.3) is 0 Å². The van der Waals surface area contributed by atoms with Crippen molar-refractivity contribution < 1.29 is 14.7 Å². The van der Waals surface area contributed by atoms with E-state index in [0.717, 1.165) is 10.2 Å². The van der Waals surface area contributed by atoms with Crippen molar-refractivity contribution in [3.8, 4) is 0 Å². The first kappa shape index (κ1) is 13.9. The number of urea groups is 1. The highest BCUT2D eigenvalue weighted by atomic mass is 79.9. The van der Waals surface area contributed by atoms with Crippen LogP contribution in [0.5, 0.6) is 0 Å². The van der Waals surface area contributed by atoms with Crippen molar-refractivity contribution in [2.45, 2.75) is 12.8 Å². The summed E-state index contributed by atoms with van der Waals surface area (Å²) >= 11 is 3.35. The van der Waals surface area contributed by atoms with E-state index in [1.807, 2.05) is 24.3 Å². The topological polar surface area (TPSA) is 69.6 Å². The lowest BCUT2D eigenvalue weighted by Crippen LogP contribution is -2.51. The highest BCUT2D eigenvalue weighted by molar-refractivity contribution is 9.10. The van der Waals surface area contributed by atoms with E-state index < -0.39 is 5.97 Å². The number of hydrogen-bond donors (Lipinski definition) is 2. The third-order valence-electron chi connectivity index (χ3n) is 3.13. The molecule has 2 amide bonds. The van der Waals surface area contributed by atoms with Crippen LogP contribution in [0.2, 0.25) is 0 Å². The predicted molar refractivity (Wildman–Crippen MR) is 75.2 cm³/mol. The lowest BCUT2D eigenvalue weighted by atomic mass is 10.0. The normalized spacial score (nSPS) is 19.1. The number of nitrogens with one attached hydrogen (secondary N) is 1. The van der Waals surface area contributed by atoms with E-state index in [4.69, 9.17) is 5.11 Å². The van der Waals surface area contributed by atoms with Gasteiger partial charge < -0.3 is 10.4 Å². The maximum absolute atomic E-state index is 11.9. The van der Waals surface area contributed by atoms with Crippen LogP contribution >= 0.6 is 15.9 Å². The van der Waals surface area contributed by atoms with Gasteiger partial charge in [0.05, 0.1) is 0 Å². The summed E-state index contributed by atoms with van der Waals surface area (Å²) in [5.41, 5.74) is 0.820. The van der Waals surface area contributed by atoms with Gasteiger partial charge in [0, 0.05) is 29.7 Å². The van der Waals surface area contributed by atoms with E-state index in [1.165, 1.54) is 0 Å². The Hall–Kier alpha value is -1.56. The molecule has 2 rings (SSSR count). The molecule has 0 spiro atoms. The van der Waals surface area contributed by atoms with Crippen molar-refractivity contribution in [3.05, 3.63) is 28.7 Å². The summed E-state index contributed by atoms with van der Waals surface area (Å²) in [5.74, 6) is -0.635. The van der Waals surface area contributed by atoms with Crippen molar-refractivity contribution in [2.24, 2.45) is 5.92 Å². The number of carboxylic acid groups (broad SMARTS) is 1. The van der Waals surface area contributed by atoms with Crippen LogP contribution in [-0.2, 0) is 4.79 Å². The van der Waals surface area contributed by atoms with Gasteiger partial charge in [-0.05, 0) is 36.6 Å². The Morgan fingerprint density at radius 2 is 2.11 bits per heavy atom. The Morgan fingerprint density at radius 3 is 2.74 bits per heavy atom. The molecule has 0 radical (unpaired) electrons. The summed E-state index contributed by atoms with van der Waals surface area (Å²) in [5, 5.41) is 11.5. The zero-order valence-corrected chi connectivity index (χ0v) is 11.9. The number of rotatable bonds is 4. The molecule has 1 aromatic rings. The molecule has 102 valence electrons. The molecule has 1 atom stereocenters. The van der Waals surface area contributed by atoms with Gasteiger partial charge >= 0.3 is 12.0 Å².